The summed E-state index contributed by atoms with van der Waals surface area (Å²) in [5.74, 6) is 3.00. The van der Waals surface area contributed by atoms with Gasteiger partial charge in [-0.3, -0.25) is 0 Å². The number of nitrogens with zero attached hydrogens (tertiary/aromatic N) is 4. The highest BCUT2D eigenvalue weighted by Crippen LogP contribution is 2.21. The molecule has 0 saturated carbocycles. The first-order valence-electron chi connectivity index (χ1n) is 7.60. The van der Waals surface area contributed by atoms with Crippen molar-refractivity contribution in [1.82, 2.24) is 19.7 Å². The third kappa shape index (κ3) is 3.40. The molecule has 2 heterocycles. The molecule has 0 N–H and O–H groups in total. The van der Waals surface area contributed by atoms with Crippen molar-refractivity contribution in [2.75, 3.05) is 12.9 Å². The number of benzene rings is 1. The third-order valence-electron chi connectivity index (χ3n) is 3.56. The van der Waals surface area contributed by atoms with Crippen LogP contribution in [0.2, 0.25) is 0 Å². The van der Waals surface area contributed by atoms with Gasteiger partial charge < -0.3 is 13.8 Å². The van der Waals surface area contributed by atoms with E-state index >= 15 is 0 Å². The molecule has 0 spiro atoms. The molecule has 0 unspecified atom stereocenters. The van der Waals surface area contributed by atoms with E-state index in [0.717, 1.165) is 22.6 Å². The van der Waals surface area contributed by atoms with Crippen molar-refractivity contribution in [3.05, 3.63) is 41.8 Å². The van der Waals surface area contributed by atoms with Crippen LogP contribution in [0.5, 0.6) is 0 Å². The Morgan fingerprint density at radius 1 is 1.30 bits per heavy atom. The van der Waals surface area contributed by atoms with Crippen LogP contribution >= 0.6 is 11.8 Å². The molecule has 0 fully saturated rings. The van der Waals surface area contributed by atoms with Crippen molar-refractivity contribution in [3.8, 4) is 0 Å². The number of thioether (sulfide) groups is 1. The summed E-state index contributed by atoms with van der Waals surface area (Å²) in [6.45, 7) is 5.00. The summed E-state index contributed by atoms with van der Waals surface area (Å²) in [6.07, 6.45) is 1.90. The zero-order chi connectivity index (χ0) is 16.2. The van der Waals surface area contributed by atoms with Gasteiger partial charge in [-0.05, 0) is 32.2 Å². The van der Waals surface area contributed by atoms with E-state index in [1.165, 1.54) is 0 Å². The van der Waals surface area contributed by atoms with Gasteiger partial charge >= 0.3 is 0 Å². The zero-order valence-electron chi connectivity index (χ0n) is 13.5. The fourth-order valence-electron chi connectivity index (χ4n) is 2.50. The number of rotatable bonds is 7. The second-order valence-corrected chi connectivity index (χ2v) is 6.05. The van der Waals surface area contributed by atoms with Crippen molar-refractivity contribution >= 4 is 22.8 Å². The minimum absolute atomic E-state index is 0.164. The van der Waals surface area contributed by atoms with Gasteiger partial charge in [-0.2, -0.15) is 16.7 Å². The summed E-state index contributed by atoms with van der Waals surface area (Å²) in [5, 5.41) is 4.02. The number of ether oxygens (including phenoxy) is 1. The monoisotopic (exact) mass is 332 g/mol. The SMILES string of the molecule is CCO[C@@H](C)c1noc(Cn2c(CSC)nc3ccccc32)n1. The lowest BCUT2D eigenvalue weighted by molar-refractivity contribution is 0.0683. The molecule has 7 heteroatoms. The van der Waals surface area contributed by atoms with E-state index in [0.29, 0.717) is 24.9 Å². The molecular weight excluding hydrogens is 312 g/mol. The highest BCUT2D eigenvalue weighted by Gasteiger charge is 2.16. The maximum absolute atomic E-state index is 5.50. The fraction of sp³-hybridized carbons (Fsp3) is 0.438. The summed E-state index contributed by atoms with van der Waals surface area (Å²) < 4.78 is 13.0. The van der Waals surface area contributed by atoms with Crippen LogP contribution in [0.15, 0.2) is 28.8 Å². The Morgan fingerprint density at radius 2 is 2.13 bits per heavy atom. The smallest absolute Gasteiger partial charge is 0.246 e. The standard InChI is InChI=1S/C16H20N4O2S/c1-4-21-11(2)16-18-15(22-19-16)9-20-13-8-6-5-7-12(13)17-14(20)10-23-3/h5-8,11H,4,9-10H2,1-3H3/t11-/m0/s1. The predicted octanol–water partition coefficient (Wildman–Crippen LogP) is 3.43. The minimum atomic E-state index is -0.164. The Hall–Kier alpha value is -1.86. The van der Waals surface area contributed by atoms with E-state index in [1.54, 1.807) is 11.8 Å². The Kier molecular flexibility index (Phi) is 4.97. The molecule has 0 radical (unpaired) electrons. The molecule has 2 aromatic heterocycles. The number of hydrogen-bond donors (Lipinski definition) is 0. The van der Waals surface area contributed by atoms with Crippen LogP contribution in [0.25, 0.3) is 11.0 Å². The average molecular weight is 332 g/mol. The second-order valence-electron chi connectivity index (χ2n) is 5.18. The number of hydrogen-bond acceptors (Lipinski definition) is 6. The van der Waals surface area contributed by atoms with Crippen molar-refractivity contribution < 1.29 is 9.26 Å². The normalized spacial score (nSPS) is 12.8. The van der Waals surface area contributed by atoms with Crippen LogP contribution in [0.4, 0.5) is 0 Å². The van der Waals surface area contributed by atoms with Crippen molar-refractivity contribution in [2.45, 2.75) is 32.2 Å². The maximum atomic E-state index is 5.50. The van der Waals surface area contributed by atoms with E-state index in [9.17, 15) is 0 Å². The largest absolute Gasteiger partial charge is 0.371 e. The number of para-hydroxylation sites is 2. The van der Waals surface area contributed by atoms with Crippen LogP contribution in [0, 0.1) is 0 Å². The van der Waals surface area contributed by atoms with Crippen LogP contribution in [-0.2, 0) is 17.0 Å². The van der Waals surface area contributed by atoms with Crippen molar-refractivity contribution in [3.63, 3.8) is 0 Å². The van der Waals surface area contributed by atoms with Gasteiger partial charge in [-0.1, -0.05) is 17.3 Å². The van der Waals surface area contributed by atoms with Gasteiger partial charge in [0.2, 0.25) is 5.89 Å². The van der Waals surface area contributed by atoms with Gasteiger partial charge in [0.05, 0.1) is 16.8 Å². The Bertz CT molecular complexity index is 783. The van der Waals surface area contributed by atoms with Gasteiger partial charge in [0.25, 0.3) is 0 Å². The molecule has 3 aromatic rings. The number of aromatic nitrogens is 4. The molecule has 0 aliphatic carbocycles. The summed E-state index contributed by atoms with van der Waals surface area (Å²) in [4.78, 5) is 9.15. The quantitative estimate of drug-likeness (QED) is 0.660. The zero-order valence-corrected chi connectivity index (χ0v) is 14.3. The van der Waals surface area contributed by atoms with Gasteiger partial charge in [0.1, 0.15) is 18.5 Å². The van der Waals surface area contributed by atoms with E-state index in [4.69, 9.17) is 14.2 Å². The summed E-state index contributed by atoms with van der Waals surface area (Å²) in [5.41, 5.74) is 2.06. The van der Waals surface area contributed by atoms with E-state index in [2.05, 4.69) is 27.0 Å². The highest BCUT2D eigenvalue weighted by molar-refractivity contribution is 7.97. The molecule has 3 rings (SSSR count). The molecule has 1 aromatic carbocycles. The van der Waals surface area contributed by atoms with Crippen LogP contribution in [0.1, 0.15) is 37.5 Å². The van der Waals surface area contributed by atoms with Gasteiger partial charge in [-0.15, -0.1) is 0 Å². The van der Waals surface area contributed by atoms with E-state index in [-0.39, 0.29) is 6.10 Å². The van der Waals surface area contributed by atoms with Gasteiger partial charge in [0.15, 0.2) is 5.82 Å². The molecule has 0 aliphatic heterocycles. The molecule has 6 nitrogen and oxygen atoms in total. The Morgan fingerprint density at radius 3 is 2.91 bits per heavy atom. The molecule has 23 heavy (non-hydrogen) atoms. The topological polar surface area (TPSA) is 66.0 Å². The number of fused-ring (bicyclic) bond motifs is 1. The molecular formula is C16H20N4O2S. The lowest BCUT2D eigenvalue weighted by Gasteiger charge is -2.06. The molecule has 0 saturated heterocycles. The maximum Gasteiger partial charge on any atom is 0.246 e. The molecule has 1 atom stereocenters. The van der Waals surface area contributed by atoms with Crippen molar-refractivity contribution in [2.24, 2.45) is 0 Å². The molecule has 122 valence electrons. The summed E-state index contributed by atoms with van der Waals surface area (Å²) in [7, 11) is 0. The van der Waals surface area contributed by atoms with Crippen LogP contribution < -0.4 is 0 Å². The fourth-order valence-corrected chi connectivity index (χ4v) is 2.98. The van der Waals surface area contributed by atoms with Crippen LogP contribution in [0.3, 0.4) is 0 Å². The van der Waals surface area contributed by atoms with Crippen molar-refractivity contribution in [1.29, 1.82) is 0 Å². The Balaban J connectivity index is 1.90. The first-order chi connectivity index (χ1) is 11.2. The lowest BCUT2D eigenvalue weighted by atomic mass is 10.3. The first kappa shape index (κ1) is 16.0. The molecule has 0 amide bonds. The average Bonchev–Trinajstić information content (AvgIpc) is 3.14. The number of imidazole rings is 1. The predicted molar refractivity (Wildman–Crippen MR) is 90.4 cm³/mol. The molecule has 0 aliphatic rings. The van der Waals surface area contributed by atoms with E-state index in [1.807, 2.05) is 32.0 Å². The van der Waals surface area contributed by atoms with Crippen LogP contribution in [-0.4, -0.2) is 32.6 Å². The third-order valence-corrected chi connectivity index (χ3v) is 4.11. The first-order valence-corrected chi connectivity index (χ1v) is 8.99. The highest BCUT2D eigenvalue weighted by atomic mass is 32.2. The second kappa shape index (κ2) is 7.14. The minimum Gasteiger partial charge on any atom is -0.371 e. The summed E-state index contributed by atoms with van der Waals surface area (Å²) >= 11 is 1.74. The molecule has 0 bridgehead atoms. The van der Waals surface area contributed by atoms with Gasteiger partial charge in [-0.25, -0.2) is 4.98 Å². The summed E-state index contributed by atoms with van der Waals surface area (Å²) in [6, 6.07) is 8.09. The lowest BCUT2D eigenvalue weighted by Crippen LogP contribution is -2.06. The Labute approximate surface area is 139 Å². The van der Waals surface area contributed by atoms with E-state index < -0.39 is 0 Å². The van der Waals surface area contributed by atoms with Gasteiger partial charge in [0, 0.05) is 6.61 Å².